The molecule has 1 fully saturated rings. The molecule has 0 amide bonds. The fourth-order valence-corrected chi connectivity index (χ4v) is 8.17. The minimum atomic E-state index is -0.927. The molecule has 3 nitrogen and oxygen atoms in total. The molecule has 4 aromatic rings. The van der Waals surface area contributed by atoms with Gasteiger partial charge in [-0.1, -0.05) is 68.5 Å². The van der Waals surface area contributed by atoms with Gasteiger partial charge in [-0.15, -0.1) is 11.3 Å². The van der Waals surface area contributed by atoms with E-state index in [4.69, 9.17) is 4.98 Å². The number of thioether (sulfide) groups is 1. The maximum Gasteiger partial charge on any atom is 1.00 e. The quantitative estimate of drug-likeness (QED) is 0.187. The number of carbonyl (C=O) groups excluding carboxylic acids is 1. The number of aryl methyl sites for hydroxylation is 1. The molecule has 0 unspecified atom stereocenters. The molecule has 2 heterocycles. The van der Waals surface area contributed by atoms with Crippen LogP contribution in [-0.4, -0.2) is 16.7 Å². The Labute approximate surface area is 276 Å². The second-order valence-electron chi connectivity index (χ2n) is 10.9. The molecular formula is C33H33BrNNaO2S2. The van der Waals surface area contributed by atoms with E-state index in [0.717, 1.165) is 52.7 Å². The van der Waals surface area contributed by atoms with Crippen LogP contribution >= 0.6 is 39.0 Å². The van der Waals surface area contributed by atoms with Crippen molar-refractivity contribution in [2.75, 3.05) is 5.75 Å². The van der Waals surface area contributed by atoms with Gasteiger partial charge in [-0.25, -0.2) is 4.98 Å². The molecule has 0 radical (unpaired) electrons. The molecule has 40 heavy (non-hydrogen) atoms. The summed E-state index contributed by atoms with van der Waals surface area (Å²) in [5.74, 6) is 0.418. The van der Waals surface area contributed by atoms with E-state index in [9.17, 15) is 9.90 Å². The van der Waals surface area contributed by atoms with Crippen molar-refractivity contribution < 1.29 is 39.5 Å². The Kier molecular flexibility index (Phi) is 11.2. The summed E-state index contributed by atoms with van der Waals surface area (Å²) in [6.45, 7) is 4.50. The van der Waals surface area contributed by atoms with Crippen molar-refractivity contribution in [3.8, 4) is 0 Å². The molecule has 0 bridgehead atoms. The third kappa shape index (κ3) is 8.11. The Bertz CT molecular complexity index is 1490. The van der Waals surface area contributed by atoms with Gasteiger partial charge in [-0.3, -0.25) is 0 Å². The summed E-state index contributed by atoms with van der Waals surface area (Å²) in [6, 6.07) is 21.7. The van der Waals surface area contributed by atoms with Crippen LogP contribution in [0, 0.1) is 5.41 Å². The molecule has 0 N–H and O–H groups in total. The summed E-state index contributed by atoms with van der Waals surface area (Å²) < 4.78 is 2.21. The van der Waals surface area contributed by atoms with Crippen LogP contribution in [-0.2, 0) is 11.2 Å². The predicted molar refractivity (Wildman–Crippen MR) is 168 cm³/mol. The molecule has 1 saturated carbocycles. The first kappa shape index (κ1) is 31.5. The molecule has 0 aliphatic heterocycles. The van der Waals surface area contributed by atoms with Gasteiger partial charge in [-0.2, -0.15) is 11.8 Å². The van der Waals surface area contributed by atoms with E-state index in [1.165, 1.54) is 21.4 Å². The summed E-state index contributed by atoms with van der Waals surface area (Å²) in [4.78, 5) is 16.2. The normalized spacial score (nSPS) is 14.9. The molecule has 5 rings (SSSR count). The molecule has 2 aromatic heterocycles. The van der Waals surface area contributed by atoms with E-state index in [0.29, 0.717) is 5.92 Å². The summed E-state index contributed by atoms with van der Waals surface area (Å²) in [5.41, 5.74) is 7.09. The van der Waals surface area contributed by atoms with E-state index in [-0.39, 0.29) is 46.6 Å². The second-order valence-corrected chi connectivity index (χ2v) is 13.9. The fraction of sp³-hybridized carbons (Fsp3) is 0.333. The van der Waals surface area contributed by atoms with Gasteiger partial charge in [0, 0.05) is 16.6 Å². The Balaban J connectivity index is 0.00000370. The predicted octanol–water partition coefficient (Wildman–Crippen LogP) is 5.68. The molecule has 0 spiro atoms. The van der Waals surface area contributed by atoms with Crippen LogP contribution < -0.4 is 34.7 Å². The van der Waals surface area contributed by atoms with Gasteiger partial charge < -0.3 is 9.90 Å². The van der Waals surface area contributed by atoms with E-state index in [1.807, 2.05) is 11.8 Å². The number of rotatable bonds is 12. The number of pyridine rings is 1. The third-order valence-corrected chi connectivity index (χ3v) is 11.1. The molecular weight excluding hydrogens is 609 g/mol. The Morgan fingerprint density at radius 3 is 2.67 bits per heavy atom. The van der Waals surface area contributed by atoms with Crippen molar-refractivity contribution in [2.24, 2.45) is 5.41 Å². The van der Waals surface area contributed by atoms with Gasteiger partial charge in [0.2, 0.25) is 0 Å². The number of halogens is 1. The van der Waals surface area contributed by atoms with E-state index >= 15 is 0 Å². The number of hydrogen-bond acceptors (Lipinski definition) is 5. The van der Waals surface area contributed by atoms with Crippen molar-refractivity contribution in [2.45, 2.75) is 57.1 Å². The SMILES string of the molecule is CC(C)c1ccccc1CC[C@@H](SCC1(CC(=O)[O-])CC1)c1cccc(C=Cc2ccc3scc(Br)c3n2)c1.[Na+]. The zero-order chi connectivity index (χ0) is 27.4. The monoisotopic (exact) mass is 641 g/mol. The Morgan fingerprint density at radius 1 is 1.12 bits per heavy atom. The van der Waals surface area contributed by atoms with E-state index in [1.54, 1.807) is 11.3 Å². The Morgan fingerprint density at radius 2 is 1.93 bits per heavy atom. The molecule has 2 aromatic carbocycles. The van der Waals surface area contributed by atoms with Crippen molar-refractivity contribution in [3.05, 3.63) is 98.5 Å². The van der Waals surface area contributed by atoms with Gasteiger partial charge in [0.25, 0.3) is 0 Å². The van der Waals surface area contributed by atoms with Crippen LogP contribution in [0.2, 0.25) is 0 Å². The number of nitrogens with zero attached hydrogens (tertiary/aromatic N) is 1. The molecule has 202 valence electrons. The van der Waals surface area contributed by atoms with E-state index in [2.05, 4.69) is 108 Å². The number of hydrogen-bond donors (Lipinski definition) is 0. The zero-order valence-corrected chi connectivity index (χ0v) is 28.6. The van der Waals surface area contributed by atoms with Gasteiger partial charge >= 0.3 is 29.6 Å². The molecule has 1 atom stereocenters. The molecule has 1 aliphatic rings. The average molecular weight is 643 g/mol. The number of carboxylic acids is 1. The van der Waals surface area contributed by atoms with Crippen LogP contribution in [0.4, 0.5) is 0 Å². The first-order valence-corrected chi connectivity index (χ1v) is 16.3. The minimum absolute atomic E-state index is 0. The average Bonchev–Trinajstić information content (AvgIpc) is 3.59. The fourth-order valence-electron chi connectivity index (χ4n) is 5.13. The third-order valence-electron chi connectivity index (χ3n) is 7.54. The van der Waals surface area contributed by atoms with Crippen molar-refractivity contribution in [3.63, 3.8) is 0 Å². The maximum atomic E-state index is 11.4. The number of benzene rings is 2. The van der Waals surface area contributed by atoms with Crippen molar-refractivity contribution in [1.29, 1.82) is 0 Å². The summed E-state index contributed by atoms with van der Waals surface area (Å²) in [5, 5.41) is 13.7. The Hall–Kier alpha value is -1.41. The first-order valence-electron chi connectivity index (χ1n) is 13.5. The molecule has 0 saturated heterocycles. The topological polar surface area (TPSA) is 53.0 Å². The summed E-state index contributed by atoms with van der Waals surface area (Å²) >= 11 is 7.20. The van der Waals surface area contributed by atoms with Gasteiger partial charge in [0.05, 0.1) is 20.4 Å². The van der Waals surface area contributed by atoms with Crippen molar-refractivity contribution >= 4 is 67.4 Å². The second kappa shape index (κ2) is 14.2. The minimum Gasteiger partial charge on any atom is -0.550 e. The van der Waals surface area contributed by atoms with Crippen LogP contribution in [0.15, 0.2) is 70.5 Å². The molecule has 1 aliphatic carbocycles. The van der Waals surface area contributed by atoms with Crippen LogP contribution in [0.5, 0.6) is 0 Å². The number of fused-ring (bicyclic) bond motifs is 1. The van der Waals surface area contributed by atoms with Gasteiger partial charge in [0.15, 0.2) is 0 Å². The van der Waals surface area contributed by atoms with Crippen LogP contribution in [0.3, 0.4) is 0 Å². The first-order chi connectivity index (χ1) is 18.8. The number of carboxylic acid groups (broad SMARTS) is 1. The molecule has 7 heteroatoms. The largest absolute Gasteiger partial charge is 1.00 e. The smallest absolute Gasteiger partial charge is 0.550 e. The number of aromatic nitrogens is 1. The van der Waals surface area contributed by atoms with Crippen molar-refractivity contribution in [1.82, 2.24) is 4.98 Å². The number of carbonyl (C=O) groups is 1. The van der Waals surface area contributed by atoms with Gasteiger partial charge in [0.1, 0.15) is 0 Å². The van der Waals surface area contributed by atoms with Crippen LogP contribution in [0.25, 0.3) is 22.4 Å². The number of aliphatic carboxylic acids is 1. The number of thiophene rings is 1. The van der Waals surface area contributed by atoms with Crippen LogP contribution in [0.1, 0.15) is 78.6 Å². The summed E-state index contributed by atoms with van der Waals surface area (Å²) in [6.07, 6.45) is 8.35. The summed E-state index contributed by atoms with van der Waals surface area (Å²) in [7, 11) is 0. The zero-order valence-electron chi connectivity index (χ0n) is 23.4. The maximum absolute atomic E-state index is 11.4. The standard InChI is InChI=1S/C33H34BrNO2S2.Na/c1-22(2)27-9-4-3-7-24(27)11-14-29(39-21-33(16-17-33)19-31(36)37)25-8-5-6-23(18-25)10-12-26-13-15-30-32(35-26)28(34)20-38-30;/h3-10,12-13,15,18,20,22,29H,11,14,16-17,19,21H2,1-2H3,(H,36,37);/q;+1/p-1/t29-;/m1./s1. The van der Waals surface area contributed by atoms with E-state index < -0.39 is 5.97 Å². The van der Waals surface area contributed by atoms with Gasteiger partial charge in [-0.05, 0) is 106 Å².